The van der Waals surface area contributed by atoms with Gasteiger partial charge in [0.25, 0.3) is 0 Å². The highest BCUT2D eigenvalue weighted by molar-refractivity contribution is 5.69. The molecule has 1 N–H and O–H groups in total. The number of ether oxygens (including phenoxy) is 1. The standard InChI is InChI=1S/C21H20O2/c1-16-19(14-22)8-5-9-21(16)18-10-12-20(13-11-18)23-15-17-6-3-2-4-7-17/h2-13,22H,14-15H2,1H3. The smallest absolute Gasteiger partial charge is 0.119 e. The molecule has 3 rings (SSSR count). The van der Waals surface area contributed by atoms with Gasteiger partial charge in [-0.05, 0) is 46.9 Å². The van der Waals surface area contributed by atoms with Gasteiger partial charge in [-0.2, -0.15) is 0 Å². The maximum Gasteiger partial charge on any atom is 0.119 e. The van der Waals surface area contributed by atoms with E-state index in [1.54, 1.807) is 0 Å². The molecule has 0 bridgehead atoms. The van der Waals surface area contributed by atoms with Crippen molar-refractivity contribution < 1.29 is 9.84 Å². The van der Waals surface area contributed by atoms with Gasteiger partial charge in [0.1, 0.15) is 12.4 Å². The van der Waals surface area contributed by atoms with Crippen molar-refractivity contribution in [2.45, 2.75) is 20.1 Å². The zero-order chi connectivity index (χ0) is 16.1. The van der Waals surface area contributed by atoms with Crippen molar-refractivity contribution in [1.82, 2.24) is 0 Å². The monoisotopic (exact) mass is 304 g/mol. The fraction of sp³-hybridized carbons (Fsp3) is 0.143. The summed E-state index contributed by atoms with van der Waals surface area (Å²) in [5.41, 5.74) is 5.51. The number of hydrogen-bond donors (Lipinski definition) is 1. The van der Waals surface area contributed by atoms with Crippen LogP contribution >= 0.6 is 0 Å². The molecule has 0 aliphatic carbocycles. The maximum absolute atomic E-state index is 9.39. The van der Waals surface area contributed by atoms with E-state index in [9.17, 15) is 5.11 Å². The first kappa shape index (κ1) is 15.3. The third kappa shape index (κ3) is 3.61. The Morgan fingerprint density at radius 1 is 0.826 bits per heavy atom. The second-order valence-corrected chi connectivity index (χ2v) is 5.55. The largest absolute Gasteiger partial charge is 0.489 e. The fourth-order valence-corrected chi connectivity index (χ4v) is 2.64. The van der Waals surface area contributed by atoms with Crippen LogP contribution in [0.1, 0.15) is 16.7 Å². The lowest BCUT2D eigenvalue weighted by molar-refractivity contribution is 0.281. The van der Waals surface area contributed by atoms with E-state index in [1.165, 1.54) is 0 Å². The second kappa shape index (κ2) is 7.12. The summed E-state index contributed by atoms with van der Waals surface area (Å²) in [6, 6.07) is 24.2. The molecule has 2 nitrogen and oxygen atoms in total. The van der Waals surface area contributed by atoms with E-state index >= 15 is 0 Å². The maximum atomic E-state index is 9.39. The average molecular weight is 304 g/mol. The molecule has 116 valence electrons. The molecular formula is C21H20O2. The first-order valence-corrected chi connectivity index (χ1v) is 7.74. The first-order valence-electron chi connectivity index (χ1n) is 7.74. The summed E-state index contributed by atoms with van der Waals surface area (Å²) in [6.45, 7) is 2.68. The minimum Gasteiger partial charge on any atom is -0.489 e. The van der Waals surface area contributed by atoms with Crippen molar-refractivity contribution in [3.8, 4) is 16.9 Å². The molecule has 0 fully saturated rings. The molecule has 23 heavy (non-hydrogen) atoms. The van der Waals surface area contributed by atoms with Gasteiger partial charge in [0.2, 0.25) is 0 Å². The molecule has 3 aromatic carbocycles. The Hall–Kier alpha value is -2.58. The lowest BCUT2D eigenvalue weighted by Crippen LogP contribution is -1.95. The number of aliphatic hydroxyl groups is 1. The van der Waals surface area contributed by atoms with Crippen LogP contribution in [0.2, 0.25) is 0 Å². The summed E-state index contributed by atoms with van der Waals surface area (Å²) in [7, 11) is 0. The van der Waals surface area contributed by atoms with Crippen LogP contribution in [0, 0.1) is 6.92 Å². The zero-order valence-electron chi connectivity index (χ0n) is 13.2. The van der Waals surface area contributed by atoms with Crippen LogP contribution in [0.5, 0.6) is 5.75 Å². The fourth-order valence-electron chi connectivity index (χ4n) is 2.64. The van der Waals surface area contributed by atoms with E-state index in [4.69, 9.17) is 4.74 Å². The van der Waals surface area contributed by atoms with Gasteiger partial charge < -0.3 is 9.84 Å². The number of benzene rings is 3. The summed E-state index contributed by atoms with van der Waals surface area (Å²) in [5.74, 6) is 0.855. The summed E-state index contributed by atoms with van der Waals surface area (Å²) in [5, 5.41) is 9.39. The van der Waals surface area contributed by atoms with Crippen LogP contribution in [-0.2, 0) is 13.2 Å². The Kier molecular flexibility index (Phi) is 4.74. The zero-order valence-corrected chi connectivity index (χ0v) is 13.2. The SMILES string of the molecule is Cc1c(CO)cccc1-c1ccc(OCc2ccccc2)cc1. The molecule has 0 heterocycles. The molecule has 0 saturated carbocycles. The van der Waals surface area contributed by atoms with Gasteiger partial charge in [-0.3, -0.25) is 0 Å². The Morgan fingerprint density at radius 2 is 1.57 bits per heavy atom. The van der Waals surface area contributed by atoms with Gasteiger partial charge in [-0.25, -0.2) is 0 Å². The summed E-state index contributed by atoms with van der Waals surface area (Å²) >= 11 is 0. The van der Waals surface area contributed by atoms with E-state index in [2.05, 4.69) is 30.3 Å². The Labute approximate surface area is 137 Å². The van der Waals surface area contributed by atoms with Crippen LogP contribution in [0.3, 0.4) is 0 Å². The third-order valence-corrected chi connectivity index (χ3v) is 4.03. The number of aliphatic hydroxyl groups excluding tert-OH is 1. The van der Waals surface area contributed by atoms with Crippen molar-refractivity contribution in [2.75, 3.05) is 0 Å². The van der Waals surface area contributed by atoms with Crippen LogP contribution in [-0.4, -0.2) is 5.11 Å². The first-order chi connectivity index (χ1) is 11.3. The molecule has 0 amide bonds. The van der Waals surface area contributed by atoms with Crippen LogP contribution in [0.4, 0.5) is 0 Å². The highest BCUT2D eigenvalue weighted by Crippen LogP contribution is 2.27. The molecule has 0 radical (unpaired) electrons. The molecule has 0 spiro atoms. The number of rotatable bonds is 5. The van der Waals surface area contributed by atoms with Crippen molar-refractivity contribution in [3.05, 3.63) is 89.5 Å². The molecule has 2 heteroatoms. The van der Waals surface area contributed by atoms with Gasteiger partial charge in [0.15, 0.2) is 0 Å². The van der Waals surface area contributed by atoms with Crippen LogP contribution in [0.15, 0.2) is 72.8 Å². The van der Waals surface area contributed by atoms with Gasteiger partial charge in [0.05, 0.1) is 6.61 Å². The molecule has 0 saturated heterocycles. The summed E-state index contributed by atoms with van der Waals surface area (Å²) in [6.07, 6.45) is 0. The summed E-state index contributed by atoms with van der Waals surface area (Å²) in [4.78, 5) is 0. The molecule has 3 aromatic rings. The molecule has 0 aromatic heterocycles. The van der Waals surface area contributed by atoms with Crippen LogP contribution in [0.25, 0.3) is 11.1 Å². The Morgan fingerprint density at radius 3 is 2.26 bits per heavy atom. The molecule has 0 unspecified atom stereocenters. The van der Waals surface area contributed by atoms with E-state index in [0.29, 0.717) is 6.61 Å². The second-order valence-electron chi connectivity index (χ2n) is 5.55. The third-order valence-electron chi connectivity index (χ3n) is 4.03. The number of hydrogen-bond acceptors (Lipinski definition) is 2. The lowest BCUT2D eigenvalue weighted by atomic mass is 9.97. The highest BCUT2D eigenvalue weighted by Gasteiger charge is 2.06. The quantitative estimate of drug-likeness (QED) is 0.738. The van der Waals surface area contributed by atoms with Gasteiger partial charge in [0, 0.05) is 0 Å². The lowest BCUT2D eigenvalue weighted by Gasteiger charge is -2.11. The molecule has 0 atom stereocenters. The van der Waals surface area contributed by atoms with Gasteiger partial charge >= 0.3 is 0 Å². The van der Waals surface area contributed by atoms with Gasteiger partial charge in [-0.1, -0.05) is 60.7 Å². The van der Waals surface area contributed by atoms with E-state index in [1.807, 2.05) is 49.4 Å². The van der Waals surface area contributed by atoms with Crippen molar-refractivity contribution in [1.29, 1.82) is 0 Å². The van der Waals surface area contributed by atoms with E-state index < -0.39 is 0 Å². The van der Waals surface area contributed by atoms with Crippen molar-refractivity contribution in [2.24, 2.45) is 0 Å². The molecule has 0 aliphatic rings. The normalized spacial score (nSPS) is 10.5. The topological polar surface area (TPSA) is 29.5 Å². The average Bonchev–Trinajstić information content (AvgIpc) is 2.62. The van der Waals surface area contributed by atoms with Crippen molar-refractivity contribution in [3.63, 3.8) is 0 Å². The minimum absolute atomic E-state index is 0.0674. The van der Waals surface area contributed by atoms with Gasteiger partial charge in [-0.15, -0.1) is 0 Å². The van der Waals surface area contributed by atoms with E-state index in [-0.39, 0.29) is 6.61 Å². The van der Waals surface area contributed by atoms with Crippen molar-refractivity contribution >= 4 is 0 Å². The molecular weight excluding hydrogens is 284 g/mol. The van der Waals surface area contributed by atoms with E-state index in [0.717, 1.165) is 33.6 Å². The summed E-state index contributed by atoms with van der Waals surface area (Å²) < 4.78 is 5.82. The minimum atomic E-state index is 0.0674. The van der Waals surface area contributed by atoms with Crippen LogP contribution < -0.4 is 4.74 Å². The predicted octanol–water partition coefficient (Wildman–Crippen LogP) is 4.73. The Balaban J connectivity index is 1.75. The Bertz CT molecular complexity index is 762. The predicted molar refractivity (Wildman–Crippen MR) is 93.3 cm³/mol. The molecule has 0 aliphatic heterocycles. The highest BCUT2D eigenvalue weighted by atomic mass is 16.5.